The molecule has 3 rings (SSSR count). The molecule has 1 aliphatic rings. The van der Waals surface area contributed by atoms with Crippen LogP contribution < -0.4 is 0 Å². The number of aryl methyl sites for hydroxylation is 1. The topological polar surface area (TPSA) is 59.2 Å². The molecule has 1 aromatic heterocycles. The van der Waals surface area contributed by atoms with Gasteiger partial charge in [-0.25, -0.2) is 0 Å². The van der Waals surface area contributed by atoms with Gasteiger partial charge < -0.3 is 9.42 Å². The van der Waals surface area contributed by atoms with E-state index in [1.165, 1.54) is 6.39 Å². The van der Waals surface area contributed by atoms with Crippen LogP contribution in [0.1, 0.15) is 47.1 Å². The quantitative estimate of drug-likeness (QED) is 0.842. The Morgan fingerprint density at radius 3 is 2.80 bits per heavy atom. The van der Waals surface area contributed by atoms with Crippen LogP contribution in [0.3, 0.4) is 0 Å². The van der Waals surface area contributed by atoms with Gasteiger partial charge in [0.05, 0.1) is 6.04 Å². The first kappa shape index (κ1) is 12.8. The van der Waals surface area contributed by atoms with Crippen LogP contribution >= 0.6 is 0 Å². The normalized spacial score (nSPS) is 19.1. The highest BCUT2D eigenvalue weighted by Gasteiger charge is 2.31. The van der Waals surface area contributed by atoms with Crippen molar-refractivity contribution in [1.82, 2.24) is 15.0 Å². The Morgan fingerprint density at radius 1 is 1.30 bits per heavy atom. The molecule has 1 fully saturated rings. The number of amides is 1. The summed E-state index contributed by atoms with van der Waals surface area (Å²) < 4.78 is 4.82. The summed E-state index contributed by atoms with van der Waals surface area (Å²) in [6, 6.07) is 7.59. The van der Waals surface area contributed by atoms with Crippen LogP contribution in [0.15, 0.2) is 35.2 Å². The van der Waals surface area contributed by atoms with E-state index in [-0.39, 0.29) is 11.9 Å². The molecule has 1 aromatic carbocycles. The molecular formula is C15H17N3O2. The maximum Gasteiger partial charge on any atom is 0.254 e. The zero-order valence-electron chi connectivity index (χ0n) is 11.5. The standard InChI is InChI=1S/C15H17N3O2/c1-11-5-7-12(8-6-11)15(19)18-9-3-2-4-13(18)14-16-10-20-17-14/h5-8,10,13H,2-4,9H2,1H3. The van der Waals surface area contributed by atoms with Crippen molar-refractivity contribution in [3.05, 3.63) is 47.6 Å². The number of benzene rings is 1. The van der Waals surface area contributed by atoms with Crippen LogP contribution in [-0.4, -0.2) is 27.5 Å². The van der Waals surface area contributed by atoms with Crippen molar-refractivity contribution in [2.24, 2.45) is 0 Å². The molecule has 5 nitrogen and oxygen atoms in total. The molecule has 0 spiro atoms. The van der Waals surface area contributed by atoms with E-state index in [2.05, 4.69) is 10.1 Å². The number of hydrogen-bond acceptors (Lipinski definition) is 4. The fraction of sp³-hybridized carbons (Fsp3) is 0.400. The van der Waals surface area contributed by atoms with E-state index in [9.17, 15) is 4.79 Å². The lowest BCUT2D eigenvalue weighted by molar-refractivity contribution is 0.0597. The third-order valence-corrected chi connectivity index (χ3v) is 3.74. The molecule has 1 atom stereocenters. The summed E-state index contributed by atoms with van der Waals surface area (Å²) in [5.41, 5.74) is 1.86. The van der Waals surface area contributed by atoms with Crippen molar-refractivity contribution in [3.63, 3.8) is 0 Å². The number of aromatic nitrogens is 2. The largest absolute Gasteiger partial charge is 0.343 e. The average molecular weight is 271 g/mol. The Kier molecular flexibility index (Phi) is 3.50. The predicted molar refractivity (Wildman–Crippen MR) is 73.1 cm³/mol. The number of likely N-dealkylation sites (tertiary alicyclic amines) is 1. The SMILES string of the molecule is Cc1ccc(C(=O)N2CCCCC2c2ncon2)cc1. The van der Waals surface area contributed by atoms with Crippen molar-refractivity contribution < 1.29 is 9.32 Å². The van der Waals surface area contributed by atoms with E-state index in [4.69, 9.17) is 4.52 Å². The minimum atomic E-state index is -0.0729. The third kappa shape index (κ3) is 2.43. The molecule has 2 aromatic rings. The van der Waals surface area contributed by atoms with Gasteiger partial charge >= 0.3 is 0 Å². The summed E-state index contributed by atoms with van der Waals surface area (Å²) >= 11 is 0. The molecular weight excluding hydrogens is 254 g/mol. The molecule has 1 amide bonds. The maximum absolute atomic E-state index is 12.7. The number of nitrogens with zero attached hydrogens (tertiary/aromatic N) is 3. The zero-order valence-corrected chi connectivity index (χ0v) is 11.5. The second-order valence-corrected chi connectivity index (χ2v) is 5.17. The third-order valence-electron chi connectivity index (χ3n) is 3.74. The van der Waals surface area contributed by atoms with Gasteiger partial charge in [-0.15, -0.1) is 0 Å². The van der Waals surface area contributed by atoms with Gasteiger partial charge in [0.1, 0.15) is 0 Å². The van der Waals surface area contributed by atoms with E-state index in [1.807, 2.05) is 36.1 Å². The maximum atomic E-state index is 12.7. The van der Waals surface area contributed by atoms with Gasteiger partial charge in [0, 0.05) is 12.1 Å². The molecule has 20 heavy (non-hydrogen) atoms. The second kappa shape index (κ2) is 5.45. The van der Waals surface area contributed by atoms with Gasteiger partial charge in [-0.2, -0.15) is 4.98 Å². The monoisotopic (exact) mass is 271 g/mol. The van der Waals surface area contributed by atoms with Crippen LogP contribution in [0.4, 0.5) is 0 Å². The summed E-state index contributed by atoms with van der Waals surface area (Å²) in [5, 5.41) is 3.90. The molecule has 5 heteroatoms. The lowest BCUT2D eigenvalue weighted by Gasteiger charge is -2.33. The van der Waals surface area contributed by atoms with E-state index in [0.29, 0.717) is 11.4 Å². The zero-order chi connectivity index (χ0) is 13.9. The van der Waals surface area contributed by atoms with Gasteiger partial charge in [0.15, 0.2) is 5.82 Å². The molecule has 0 radical (unpaired) electrons. The van der Waals surface area contributed by atoms with Gasteiger partial charge in [-0.05, 0) is 38.3 Å². The molecule has 104 valence electrons. The lowest BCUT2D eigenvalue weighted by Crippen LogP contribution is -2.39. The smallest absolute Gasteiger partial charge is 0.254 e. The minimum absolute atomic E-state index is 0.0412. The molecule has 1 saturated heterocycles. The van der Waals surface area contributed by atoms with Gasteiger partial charge in [0.2, 0.25) is 6.39 Å². The molecule has 2 heterocycles. The molecule has 1 unspecified atom stereocenters. The van der Waals surface area contributed by atoms with Crippen LogP contribution in [0.2, 0.25) is 0 Å². The average Bonchev–Trinajstić information content (AvgIpc) is 3.01. The number of rotatable bonds is 2. The van der Waals surface area contributed by atoms with Crippen molar-refractivity contribution in [2.45, 2.75) is 32.2 Å². The fourth-order valence-electron chi connectivity index (χ4n) is 2.63. The first-order chi connectivity index (χ1) is 9.75. The predicted octanol–water partition coefficient (Wildman–Crippen LogP) is 2.75. The minimum Gasteiger partial charge on any atom is -0.343 e. The summed E-state index contributed by atoms with van der Waals surface area (Å²) in [6.45, 7) is 2.75. The first-order valence-corrected chi connectivity index (χ1v) is 6.89. The molecule has 0 saturated carbocycles. The Bertz CT molecular complexity index is 578. The Hall–Kier alpha value is -2.17. The summed E-state index contributed by atoms with van der Waals surface area (Å²) in [7, 11) is 0. The fourth-order valence-corrected chi connectivity index (χ4v) is 2.63. The first-order valence-electron chi connectivity index (χ1n) is 6.89. The number of hydrogen-bond donors (Lipinski definition) is 0. The molecule has 1 aliphatic heterocycles. The number of carbonyl (C=O) groups is 1. The van der Waals surface area contributed by atoms with Gasteiger partial charge in [-0.3, -0.25) is 4.79 Å². The molecule has 0 aliphatic carbocycles. The van der Waals surface area contributed by atoms with E-state index in [1.54, 1.807) is 0 Å². The summed E-state index contributed by atoms with van der Waals surface area (Å²) in [4.78, 5) is 18.6. The van der Waals surface area contributed by atoms with Gasteiger partial charge in [-0.1, -0.05) is 22.9 Å². The highest BCUT2D eigenvalue weighted by molar-refractivity contribution is 5.94. The van der Waals surface area contributed by atoms with Crippen LogP contribution in [0, 0.1) is 6.92 Å². The van der Waals surface area contributed by atoms with Crippen molar-refractivity contribution in [1.29, 1.82) is 0 Å². The highest BCUT2D eigenvalue weighted by Crippen LogP contribution is 2.30. The van der Waals surface area contributed by atoms with Crippen LogP contribution in [0.25, 0.3) is 0 Å². The van der Waals surface area contributed by atoms with Gasteiger partial charge in [0.25, 0.3) is 5.91 Å². The van der Waals surface area contributed by atoms with E-state index >= 15 is 0 Å². The van der Waals surface area contributed by atoms with Crippen LogP contribution in [-0.2, 0) is 0 Å². The Balaban J connectivity index is 1.86. The molecule has 0 N–H and O–H groups in total. The summed E-state index contributed by atoms with van der Waals surface area (Å²) in [6.07, 6.45) is 4.30. The number of carbonyl (C=O) groups excluding carboxylic acids is 1. The Labute approximate surface area is 117 Å². The Morgan fingerprint density at radius 2 is 2.10 bits per heavy atom. The van der Waals surface area contributed by atoms with E-state index < -0.39 is 0 Å². The number of piperidine rings is 1. The van der Waals surface area contributed by atoms with Crippen molar-refractivity contribution >= 4 is 5.91 Å². The van der Waals surface area contributed by atoms with E-state index in [0.717, 1.165) is 31.4 Å². The second-order valence-electron chi connectivity index (χ2n) is 5.17. The molecule has 0 bridgehead atoms. The lowest BCUT2D eigenvalue weighted by atomic mass is 10.00. The van der Waals surface area contributed by atoms with Crippen molar-refractivity contribution in [2.75, 3.05) is 6.54 Å². The highest BCUT2D eigenvalue weighted by atomic mass is 16.5. The van der Waals surface area contributed by atoms with Crippen molar-refractivity contribution in [3.8, 4) is 0 Å². The summed E-state index contributed by atoms with van der Waals surface area (Å²) in [5.74, 6) is 0.643. The van der Waals surface area contributed by atoms with Crippen LogP contribution in [0.5, 0.6) is 0 Å².